The Labute approximate surface area is 194 Å². The molecule has 0 spiro atoms. The van der Waals surface area contributed by atoms with Crippen LogP contribution in [0, 0.1) is 5.92 Å². The number of carbonyl (C=O) groups excluding carboxylic acids is 1. The number of hydrogen-bond acceptors (Lipinski definition) is 3. The van der Waals surface area contributed by atoms with E-state index in [1.807, 2.05) is 47.4 Å². The van der Waals surface area contributed by atoms with E-state index < -0.39 is 0 Å². The van der Waals surface area contributed by atoms with E-state index >= 15 is 0 Å². The van der Waals surface area contributed by atoms with Crippen LogP contribution in [0.3, 0.4) is 0 Å². The molecule has 1 aromatic carbocycles. The van der Waals surface area contributed by atoms with Gasteiger partial charge >= 0.3 is 6.03 Å². The second-order valence-electron chi connectivity index (χ2n) is 8.97. The average Bonchev–Trinajstić information content (AvgIpc) is 3.36. The molecule has 1 aliphatic heterocycles. The maximum absolute atomic E-state index is 13.8. The number of rotatable bonds is 4. The first kappa shape index (κ1) is 21.1. The lowest BCUT2D eigenvalue weighted by atomic mass is 9.94. The van der Waals surface area contributed by atoms with Gasteiger partial charge in [-0.05, 0) is 68.4 Å². The molecule has 5 rings (SSSR count). The van der Waals surface area contributed by atoms with Crippen molar-refractivity contribution in [2.45, 2.75) is 59.0 Å². The van der Waals surface area contributed by atoms with E-state index in [4.69, 9.17) is 4.74 Å². The first-order chi connectivity index (χ1) is 15.6. The molecular weight excluding hydrogens is 418 g/mol. The summed E-state index contributed by atoms with van der Waals surface area (Å²) in [7, 11) is 0. The Morgan fingerprint density at radius 1 is 1.16 bits per heavy atom. The number of nitrogens with one attached hydrogen (secondary N) is 1. The number of aromatic nitrogens is 1. The predicted molar refractivity (Wildman–Crippen MR) is 130 cm³/mol. The Bertz CT molecular complexity index is 1130. The summed E-state index contributed by atoms with van der Waals surface area (Å²) in [5.74, 6) is 0.984. The summed E-state index contributed by atoms with van der Waals surface area (Å²) >= 11 is 1.92. The van der Waals surface area contributed by atoms with Crippen molar-refractivity contribution in [3.8, 4) is 10.8 Å². The smallest absolute Gasteiger partial charge is 0.322 e. The quantitative estimate of drug-likeness (QED) is 0.490. The number of nitrogens with zero attached hydrogens (tertiary/aromatic N) is 2. The number of ether oxygens (including phenoxy) is 1. The zero-order chi connectivity index (χ0) is 22.2. The number of anilines is 1. The van der Waals surface area contributed by atoms with E-state index in [1.54, 1.807) is 0 Å². The number of benzene rings is 1. The second kappa shape index (κ2) is 8.66. The molecule has 1 aliphatic carbocycles. The van der Waals surface area contributed by atoms with E-state index in [2.05, 4.69) is 42.1 Å². The highest BCUT2D eigenvalue weighted by atomic mass is 32.1. The maximum Gasteiger partial charge on any atom is 0.322 e. The highest BCUT2D eigenvalue weighted by Gasteiger charge is 2.36. The standard InChI is InChI=1S/C26H31N3O2S/c1-4-31-22-13-7-6-11-20(22)27-26(30)29-16-19-18-10-5-8-14-23(18)32-25(19)28-15-9-12-21(28)24(29)17(2)3/h6-7,9,11-13,15,17,24H,4-5,8,10,14,16H2,1-3H3,(H,27,30)/t24-/m1/s1. The molecule has 2 aliphatic rings. The van der Waals surface area contributed by atoms with Crippen LogP contribution in [0.4, 0.5) is 10.5 Å². The fourth-order valence-electron chi connectivity index (χ4n) is 5.16. The monoisotopic (exact) mass is 449 g/mol. The van der Waals surface area contributed by atoms with Crippen LogP contribution in [0.25, 0.3) is 5.00 Å². The summed E-state index contributed by atoms with van der Waals surface area (Å²) in [6, 6.07) is 11.9. The molecule has 0 bridgehead atoms. The van der Waals surface area contributed by atoms with Gasteiger partial charge < -0.3 is 19.5 Å². The number of urea groups is 1. The van der Waals surface area contributed by atoms with Gasteiger partial charge in [-0.1, -0.05) is 26.0 Å². The molecular formula is C26H31N3O2S. The molecule has 1 N–H and O–H groups in total. The largest absolute Gasteiger partial charge is 0.492 e. The topological polar surface area (TPSA) is 46.5 Å². The lowest BCUT2D eigenvalue weighted by Crippen LogP contribution is -2.39. The van der Waals surface area contributed by atoms with Gasteiger partial charge in [-0.25, -0.2) is 4.79 Å². The molecule has 2 aromatic heterocycles. The summed E-state index contributed by atoms with van der Waals surface area (Å²) in [4.78, 5) is 17.3. The van der Waals surface area contributed by atoms with Crippen LogP contribution < -0.4 is 10.1 Å². The van der Waals surface area contributed by atoms with Gasteiger partial charge in [-0.2, -0.15) is 0 Å². The van der Waals surface area contributed by atoms with Crippen LogP contribution in [0.5, 0.6) is 5.75 Å². The van der Waals surface area contributed by atoms with E-state index in [0.717, 1.165) is 12.8 Å². The normalized spacial score (nSPS) is 17.4. The summed E-state index contributed by atoms with van der Waals surface area (Å²) in [6.45, 7) is 7.55. The van der Waals surface area contributed by atoms with Crippen LogP contribution >= 0.6 is 11.3 Å². The summed E-state index contributed by atoms with van der Waals surface area (Å²) in [5.41, 5.74) is 4.71. The first-order valence-corrected chi connectivity index (χ1v) is 12.5. The summed E-state index contributed by atoms with van der Waals surface area (Å²) in [5, 5.41) is 4.46. The molecule has 2 amide bonds. The highest BCUT2D eigenvalue weighted by Crippen LogP contribution is 2.44. The number of fused-ring (bicyclic) bond motifs is 5. The zero-order valence-corrected chi connectivity index (χ0v) is 19.9. The SMILES string of the molecule is CCOc1ccccc1NC(=O)N1Cc2c(sc3c2CCCC3)-n2cccc2[C@H]1C(C)C. The number of aryl methyl sites for hydroxylation is 1. The lowest BCUT2D eigenvalue weighted by molar-refractivity contribution is 0.161. The van der Waals surface area contributed by atoms with E-state index in [9.17, 15) is 4.79 Å². The number of para-hydroxylation sites is 2. The predicted octanol–water partition coefficient (Wildman–Crippen LogP) is 6.56. The molecule has 1 atom stereocenters. The molecule has 168 valence electrons. The fourth-order valence-corrected chi connectivity index (χ4v) is 6.56. The third-order valence-electron chi connectivity index (χ3n) is 6.55. The van der Waals surface area contributed by atoms with Gasteiger partial charge in [0.15, 0.2) is 0 Å². The Morgan fingerprint density at radius 3 is 2.78 bits per heavy atom. The molecule has 0 saturated heterocycles. The number of hydrogen-bond donors (Lipinski definition) is 1. The van der Waals surface area contributed by atoms with Crippen LogP contribution in [0.2, 0.25) is 0 Å². The average molecular weight is 450 g/mol. The van der Waals surface area contributed by atoms with Crippen LogP contribution in [0.1, 0.15) is 61.4 Å². The van der Waals surface area contributed by atoms with Gasteiger partial charge in [0.05, 0.1) is 24.9 Å². The Hall–Kier alpha value is -2.73. The Balaban J connectivity index is 1.57. The summed E-state index contributed by atoms with van der Waals surface area (Å²) in [6.07, 6.45) is 6.93. The third-order valence-corrected chi connectivity index (χ3v) is 7.88. The second-order valence-corrected chi connectivity index (χ2v) is 10.1. The van der Waals surface area contributed by atoms with Crippen molar-refractivity contribution in [3.63, 3.8) is 0 Å². The molecule has 3 aromatic rings. The minimum absolute atomic E-state index is 0.0110. The number of carbonyl (C=O) groups is 1. The van der Waals surface area contributed by atoms with Crippen molar-refractivity contribution in [3.05, 3.63) is 64.3 Å². The molecule has 0 radical (unpaired) electrons. The van der Waals surface area contributed by atoms with Gasteiger partial charge in [0, 0.05) is 22.3 Å². The van der Waals surface area contributed by atoms with Crippen molar-refractivity contribution in [2.75, 3.05) is 11.9 Å². The van der Waals surface area contributed by atoms with Gasteiger partial charge in [-0.3, -0.25) is 0 Å². The van der Waals surface area contributed by atoms with Crippen molar-refractivity contribution >= 4 is 23.1 Å². The maximum atomic E-state index is 13.8. The minimum atomic E-state index is -0.0767. The van der Waals surface area contributed by atoms with E-state index in [0.29, 0.717) is 24.6 Å². The highest BCUT2D eigenvalue weighted by molar-refractivity contribution is 7.15. The Morgan fingerprint density at radius 2 is 1.97 bits per heavy atom. The molecule has 0 unspecified atom stereocenters. The van der Waals surface area contributed by atoms with Crippen molar-refractivity contribution in [2.24, 2.45) is 5.92 Å². The Kier molecular flexibility index (Phi) is 5.72. The minimum Gasteiger partial charge on any atom is -0.492 e. The molecule has 5 nitrogen and oxygen atoms in total. The van der Waals surface area contributed by atoms with Crippen molar-refractivity contribution in [1.29, 1.82) is 0 Å². The molecule has 0 fully saturated rings. The number of amides is 2. The van der Waals surface area contributed by atoms with E-state index in [1.165, 1.54) is 39.5 Å². The van der Waals surface area contributed by atoms with Gasteiger partial charge in [0.25, 0.3) is 0 Å². The van der Waals surface area contributed by atoms with Crippen LogP contribution in [0.15, 0.2) is 42.6 Å². The van der Waals surface area contributed by atoms with Gasteiger partial charge in [0.1, 0.15) is 10.8 Å². The summed E-state index contributed by atoms with van der Waals surface area (Å²) < 4.78 is 8.09. The van der Waals surface area contributed by atoms with E-state index in [-0.39, 0.29) is 18.0 Å². The van der Waals surface area contributed by atoms with Crippen LogP contribution in [-0.2, 0) is 19.4 Å². The molecule has 0 saturated carbocycles. The fraction of sp³-hybridized carbons (Fsp3) is 0.423. The van der Waals surface area contributed by atoms with Crippen molar-refractivity contribution in [1.82, 2.24) is 9.47 Å². The van der Waals surface area contributed by atoms with Gasteiger partial charge in [-0.15, -0.1) is 11.3 Å². The lowest BCUT2D eigenvalue weighted by Gasteiger charge is -2.33. The third kappa shape index (κ3) is 3.60. The van der Waals surface area contributed by atoms with Crippen molar-refractivity contribution < 1.29 is 9.53 Å². The first-order valence-electron chi connectivity index (χ1n) is 11.7. The molecule has 32 heavy (non-hydrogen) atoms. The molecule has 6 heteroatoms. The number of thiophene rings is 1. The van der Waals surface area contributed by atoms with Crippen LogP contribution in [-0.4, -0.2) is 22.1 Å². The van der Waals surface area contributed by atoms with Gasteiger partial charge in [0.2, 0.25) is 0 Å². The zero-order valence-electron chi connectivity index (χ0n) is 19.1. The molecule has 3 heterocycles.